The molecule has 0 aliphatic heterocycles. The van der Waals surface area contributed by atoms with Crippen LogP contribution >= 0.6 is 19.7 Å². The topological polar surface area (TPSA) is 0 Å². The monoisotopic (exact) mass is 726 g/mol. The predicted molar refractivity (Wildman–Crippen MR) is 166 cm³/mol. The van der Waals surface area contributed by atoms with Gasteiger partial charge in [-0.1, -0.05) is 152 Å². The minimum Gasteiger partial charge on any atom is -0.0622 e. The van der Waals surface area contributed by atoms with Crippen molar-refractivity contribution in [3.63, 3.8) is 0 Å². The maximum Gasteiger partial charge on any atom is 0.0364 e. The number of halogens is 3. The molecule has 0 nitrogen and oxygen atoms in total. The predicted octanol–water partition coefficient (Wildman–Crippen LogP) is 11.1. The second kappa shape index (κ2) is 13.8. The molecule has 0 spiro atoms. The summed E-state index contributed by atoms with van der Waals surface area (Å²) in [5, 5.41) is 0. The molecule has 6 rings (SSSR count). The minimum absolute atomic E-state index is 0.117. The van der Waals surface area contributed by atoms with Crippen LogP contribution in [0.15, 0.2) is 152 Å². The average molecular weight is 728 g/mol. The number of hydrogen-bond acceptors (Lipinski definition) is 0. The summed E-state index contributed by atoms with van der Waals surface area (Å²) in [5.74, 6) is 0.117. The molecule has 0 bridgehead atoms. The van der Waals surface area contributed by atoms with Crippen molar-refractivity contribution in [1.29, 1.82) is 0 Å². The molecule has 39 heavy (non-hydrogen) atoms. The van der Waals surface area contributed by atoms with Gasteiger partial charge < -0.3 is 0 Å². The third-order valence-corrected chi connectivity index (χ3v) is 6.79. The first-order valence-corrected chi connectivity index (χ1v) is 18.7. The molecule has 202 valence electrons. The number of hydrogen-bond donors (Lipinski definition) is 0. The van der Waals surface area contributed by atoms with Crippen molar-refractivity contribution in [3.8, 4) is 0 Å². The van der Waals surface area contributed by atoms with Gasteiger partial charge in [-0.25, -0.2) is 0 Å². The fourth-order valence-electron chi connectivity index (χ4n) is 5.35. The Morgan fingerprint density at radius 1 is 0.359 bits per heavy atom. The molecule has 0 aromatic heterocycles. The van der Waals surface area contributed by atoms with E-state index in [4.69, 9.17) is 19.7 Å². The smallest absolute Gasteiger partial charge is 0.0364 e. The van der Waals surface area contributed by atoms with E-state index < -0.39 is 26.7 Å². The zero-order chi connectivity index (χ0) is 27.0. The van der Waals surface area contributed by atoms with Crippen molar-refractivity contribution in [3.05, 3.63) is 179 Å². The van der Waals surface area contributed by atoms with Crippen LogP contribution in [0, 0.1) is 26.7 Å². The standard InChI is InChI=1S/C35H26.3ClH.Lu/c1-6-16-26(17-7-1)31-32(27-18-8-2-9-19-27)34(29-22-12-4-13-23-29)35(30-24-14-5-15-25-30)33(31)28-20-10-3-11-21-28;;;;/h1-25,31H;3*1H;/q;;;;+3/p-3. The van der Waals surface area contributed by atoms with E-state index in [1.54, 1.807) is 0 Å². The molecule has 1 aliphatic carbocycles. The van der Waals surface area contributed by atoms with Crippen molar-refractivity contribution in [1.82, 2.24) is 0 Å². The van der Waals surface area contributed by atoms with Crippen molar-refractivity contribution in [2.45, 2.75) is 5.92 Å². The van der Waals surface area contributed by atoms with E-state index in [0.717, 1.165) is 0 Å². The molecule has 1 aliphatic rings. The minimum atomic E-state index is -1.53. The first kappa shape index (κ1) is 28.2. The summed E-state index contributed by atoms with van der Waals surface area (Å²) in [6.45, 7) is 14.7. The molecule has 0 radical (unpaired) electrons. The quantitative estimate of drug-likeness (QED) is 0.169. The van der Waals surface area contributed by atoms with E-state index >= 15 is 0 Å². The molecule has 0 N–H and O–H groups in total. The number of allylic oxidation sites excluding steroid dienone is 4. The summed E-state index contributed by atoms with van der Waals surface area (Å²) in [7, 11) is 0. The summed E-state index contributed by atoms with van der Waals surface area (Å²) in [4.78, 5) is 0. The summed E-state index contributed by atoms with van der Waals surface area (Å²) < 4.78 is 0. The Bertz CT molecular complexity index is 1450. The van der Waals surface area contributed by atoms with Gasteiger partial charge in [0.2, 0.25) is 0 Å². The maximum atomic E-state index is 4.92. The van der Waals surface area contributed by atoms with Crippen LogP contribution in [0.5, 0.6) is 0 Å². The Labute approximate surface area is 251 Å². The molecule has 0 saturated carbocycles. The van der Waals surface area contributed by atoms with Gasteiger partial charge in [0.1, 0.15) is 0 Å². The van der Waals surface area contributed by atoms with Gasteiger partial charge in [0.15, 0.2) is 0 Å². The molecule has 0 unspecified atom stereocenters. The van der Waals surface area contributed by atoms with Crippen LogP contribution in [0.4, 0.5) is 0 Å². The second-order valence-corrected chi connectivity index (χ2v) is 16.3. The zero-order valence-electron chi connectivity index (χ0n) is 20.9. The van der Waals surface area contributed by atoms with Crippen LogP contribution in [0.3, 0.4) is 0 Å². The van der Waals surface area contributed by atoms with E-state index in [1.807, 2.05) is 0 Å². The van der Waals surface area contributed by atoms with Gasteiger partial charge in [0.25, 0.3) is 0 Å². The molecule has 0 saturated heterocycles. The number of rotatable bonds is 5. The fourth-order valence-corrected chi connectivity index (χ4v) is 5.35. The zero-order valence-corrected chi connectivity index (χ0v) is 24.8. The van der Waals surface area contributed by atoms with E-state index in [9.17, 15) is 0 Å². The van der Waals surface area contributed by atoms with Crippen molar-refractivity contribution < 1.29 is 26.7 Å². The largest absolute Gasteiger partial charge is 0.0622 e. The van der Waals surface area contributed by atoms with Crippen molar-refractivity contribution in [2.75, 3.05) is 0 Å². The maximum absolute atomic E-state index is 4.92. The summed E-state index contributed by atoms with van der Waals surface area (Å²) >= 11 is -1.53. The Balaban J connectivity index is 0.000000723. The SMILES string of the molecule is [Cl][Lu]([Cl])[Cl].c1ccc(C2=C(c3ccccc3)C(c3ccccc3)C(c3ccccc3)=C2c2ccccc2)cc1. The molecule has 5 aromatic carbocycles. The molecular formula is C35H26Cl3Lu. The summed E-state index contributed by atoms with van der Waals surface area (Å²) in [5.41, 5.74) is 11.7. The molecular weight excluding hydrogens is 702 g/mol. The Hall–Kier alpha value is -2.32. The van der Waals surface area contributed by atoms with E-state index in [-0.39, 0.29) is 5.92 Å². The molecule has 0 atom stereocenters. The molecule has 5 aromatic rings. The normalized spacial score (nSPS) is 13.7. The van der Waals surface area contributed by atoms with Gasteiger partial charge in [-0.3, -0.25) is 0 Å². The van der Waals surface area contributed by atoms with Gasteiger partial charge in [-0.2, -0.15) is 0 Å². The van der Waals surface area contributed by atoms with Gasteiger partial charge >= 0.3 is 46.3 Å². The molecule has 0 fully saturated rings. The van der Waals surface area contributed by atoms with Gasteiger partial charge in [0, 0.05) is 5.92 Å². The van der Waals surface area contributed by atoms with Gasteiger partial charge in [-0.15, -0.1) is 0 Å². The first-order chi connectivity index (χ1) is 19.1. The Morgan fingerprint density at radius 3 is 0.923 bits per heavy atom. The third-order valence-electron chi connectivity index (χ3n) is 6.79. The first-order valence-electron chi connectivity index (χ1n) is 12.5. The van der Waals surface area contributed by atoms with Crippen LogP contribution in [-0.2, 0) is 0 Å². The number of benzene rings is 5. The molecule has 4 heteroatoms. The van der Waals surface area contributed by atoms with Crippen LogP contribution < -0.4 is 0 Å². The van der Waals surface area contributed by atoms with Crippen LogP contribution in [0.25, 0.3) is 22.3 Å². The summed E-state index contributed by atoms with van der Waals surface area (Å²) in [6.07, 6.45) is 0. The van der Waals surface area contributed by atoms with E-state index in [1.165, 1.54) is 50.1 Å². The van der Waals surface area contributed by atoms with Crippen LogP contribution in [-0.4, -0.2) is 0 Å². The third kappa shape index (κ3) is 6.71. The van der Waals surface area contributed by atoms with Gasteiger partial charge in [-0.05, 0) is 50.1 Å². The van der Waals surface area contributed by atoms with Crippen molar-refractivity contribution in [2.24, 2.45) is 0 Å². The van der Waals surface area contributed by atoms with Crippen molar-refractivity contribution >= 4 is 41.9 Å². The average Bonchev–Trinajstić information content (AvgIpc) is 3.35. The molecule has 0 amide bonds. The van der Waals surface area contributed by atoms with E-state index in [2.05, 4.69) is 152 Å². The molecule has 0 heterocycles. The fraction of sp³-hybridized carbons (Fsp3) is 0.0286. The second-order valence-electron chi connectivity index (χ2n) is 9.00. The van der Waals surface area contributed by atoms with Crippen LogP contribution in [0.1, 0.15) is 33.7 Å². The Morgan fingerprint density at radius 2 is 0.615 bits per heavy atom. The summed E-state index contributed by atoms with van der Waals surface area (Å²) in [6, 6.07) is 54.5. The Kier molecular flexibility index (Phi) is 10.0. The van der Waals surface area contributed by atoms with Gasteiger partial charge in [0.05, 0.1) is 0 Å². The van der Waals surface area contributed by atoms with Crippen LogP contribution in [0.2, 0.25) is 0 Å². The van der Waals surface area contributed by atoms with E-state index in [0.29, 0.717) is 0 Å².